The number of benzene rings is 1. The molecule has 1 fully saturated rings. The highest BCUT2D eigenvalue weighted by Gasteiger charge is 2.24. The van der Waals surface area contributed by atoms with Gasteiger partial charge in [-0.05, 0) is 62.9 Å². The molecular formula is C26H40N8O2. The molecule has 0 radical (unpaired) electrons. The normalized spacial score (nSPS) is 19.4. The third-order valence-electron chi connectivity index (χ3n) is 6.89. The summed E-state index contributed by atoms with van der Waals surface area (Å²) in [6.07, 6.45) is 2.54. The van der Waals surface area contributed by atoms with Crippen molar-refractivity contribution in [3.05, 3.63) is 33.8 Å². The van der Waals surface area contributed by atoms with Crippen molar-refractivity contribution in [3.63, 3.8) is 0 Å². The molecule has 0 aliphatic carbocycles. The number of aryl methyl sites for hydroxylation is 1. The van der Waals surface area contributed by atoms with Crippen LogP contribution in [0.15, 0.2) is 12.1 Å². The zero-order valence-electron chi connectivity index (χ0n) is 22.3. The number of rotatable bonds is 9. The van der Waals surface area contributed by atoms with E-state index in [4.69, 9.17) is 16.2 Å². The summed E-state index contributed by atoms with van der Waals surface area (Å²) >= 11 is 0. The summed E-state index contributed by atoms with van der Waals surface area (Å²) in [5, 5.41) is 17.1. The van der Waals surface area contributed by atoms with Crippen LogP contribution >= 0.6 is 0 Å². The van der Waals surface area contributed by atoms with Crippen LogP contribution in [0.1, 0.15) is 63.5 Å². The first-order valence-corrected chi connectivity index (χ1v) is 12.7. The SMILES string of the molecule is CCC(C)=c1c(CC)cc(Nc2nc(N[C@@H]3CCOC[C@@H]3N)nnc2C(N)=O)c/c1=C(\C)N(C)CC. The maximum Gasteiger partial charge on any atom is 0.273 e. The molecule has 196 valence electrons. The van der Waals surface area contributed by atoms with E-state index in [9.17, 15) is 4.79 Å². The molecule has 0 unspecified atom stereocenters. The topological polar surface area (TPSA) is 144 Å². The fourth-order valence-corrected chi connectivity index (χ4v) is 4.34. The molecule has 1 amide bonds. The van der Waals surface area contributed by atoms with Gasteiger partial charge in [0.1, 0.15) is 0 Å². The van der Waals surface area contributed by atoms with Gasteiger partial charge in [0.2, 0.25) is 5.95 Å². The summed E-state index contributed by atoms with van der Waals surface area (Å²) in [6, 6.07) is 3.96. The van der Waals surface area contributed by atoms with Crippen LogP contribution in [0.5, 0.6) is 0 Å². The lowest BCUT2D eigenvalue weighted by Crippen LogP contribution is -2.48. The number of hydrogen-bond acceptors (Lipinski definition) is 9. The number of aromatic nitrogens is 3. The van der Waals surface area contributed by atoms with Crippen LogP contribution in [0.25, 0.3) is 11.3 Å². The van der Waals surface area contributed by atoms with Gasteiger partial charge in [0.15, 0.2) is 11.5 Å². The average Bonchev–Trinajstić information content (AvgIpc) is 2.88. The first kappa shape index (κ1) is 27.3. The van der Waals surface area contributed by atoms with Gasteiger partial charge in [-0.2, -0.15) is 4.98 Å². The third-order valence-corrected chi connectivity index (χ3v) is 6.89. The molecule has 10 nitrogen and oxygen atoms in total. The molecule has 36 heavy (non-hydrogen) atoms. The number of carbonyl (C=O) groups is 1. The van der Waals surface area contributed by atoms with Gasteiger partial charge in [0, 0.05) is 48.9 Å². The van der Waals surface area contributed by atoms with Crippen LogP contribution in [0.2, 0.25) is 0 Å². The predicted molar refractivity (Wildman–Crippen MR) is 144 cm³/mol. The number of amides is 1. The van der Waals surface area contributed by atoms with Gasteiger partial charge in [-0.1, -0.05) is 19.4 Å². The first-order chi connectivity index (χ1) is 17.2. The zero-order chi connectivity index (χ0) is 26.4. The molecular weight excluding hydrogens is 456 g/mol. The molecule has 1 aliphatic rings. The number of nitrogens with zero attached hydrogens (tertiary/aromatic N) is 4. The van der Waals surface area contributed by atoms with Gasteiger partial charge < -0.3 is 31.7 Å². The summed E-state index contributed by atoms with van der Waals surface area (Å²) in [4.78, 5) is 18.9. The molecule has 0 bridgehead atoms. The van der Waals surface area contributed by atoms with E-state index >= 15 is 0 Å². The first-order valence-electron chi connectivity index (χ1n) is 12.7. The van der Waals surface area contributed by atoms with Crippen molar-refractivity contribution in [3.8, 4) is 0 Å². The average molecular weight is 497 g/mol. The largest absolute Gasteiger partial charge is 0.380 e. The molecule has 2 atom stereocenters. The molecule has 2 aromatic rings. The summed E-state index contributed by atoms with van der Waals surface area (Å²) in [7, 11) is 2.09. The molecule has 2 heterocycles. The van der Waals surface area contributed by atoms with Crippen LogP contribution in [0, 0.1) is 0 Å². The van der Waals surface area contributed by atoms with E-state index in [1.807, 2.05) is 0 Å². The monoisotopic (exact) mass is 496 g/mol. The molecule has 0 saturated carbocycles. The molecule has 6 N–H and O–H groups in total. The van der Waals surface area contributed by atoms with E-state index in [1.54, 1.807) is 0 Å². The zero-order valence-corrected chi connectivity index (χ0v) is 22.3. The third kappa shape index (κ3) is 6.11. The van der Waals surface area contributed by atoms with Crippen molar-refractivity contribution in [2.45, 2.75) is 66.0 Å². The van der Waals surface area contributed by atoms with Crippen molar-refractivity contribution in [1.29, 1.82) is 0 Å². The van der Waals surface area contributed by atoms with Crippen LogP contribution < -0.4 is 32.5 Å². The van der Waals surface area contributed by atoms with E-state index in [0.717, 1.165) is 36.7 Å². The Balaban J connectivity index is 2.12. The van der Waals surface area contributed by atoms with Crippen molar-refractivity contribution < 1.29 is 9.53 Å². The van der Waals surface area contributed by atoms with Crippen LogP contribution in [-0.2, 0) is 11.2 Å². The molecule has 10 heteroatoms. The standard InChI is InChI=1S/C26H40N8O2/c1-7-15(4)22-17(8-2)12-18(13-19(22)16(5)34(6)9-3)29-25-23(24(28)35)32-33-26(31-25)30-21-10-11-36-14-20(21)27/h12-13,20-21H,7-11,14,27H2,1-6H3,(H2,28,35)(H2,29,30,31,33)/b19-16-,22-15?/t20-,21+/m0/s1. The van der Waals surface area contributed by atoms with E-state index < -0.39 is 5.91 Å². The number of ether oxygens (including phenoxy) is 1. The van der Waals surface area contributed by atoms with E-state index in [0.29, 0.717) is 13.2 Å². The number of carbonyl (C=O) groups excluding carboxylic acids is 1. The van der Waals surface area contributed by atoms with Gasteiger partial charge in [-0.3, -0.25) is 4.79 Å². The van der Waals surface area contributed by atoms with Crippen molar-refractivity contribution in [2.75, 3.05) is 37.4 Å². The Morgan fingerprint density at radius 3 is 2.58 bits per heavy atom. The minimum Gasteiger partial charge on any atom is -0.380 e. The second-order valence-electron chi connectivity index (χ2n) is 9.25. The maximum atomic E-state index is 12.1. The number of nitrogens with one attached hydrogen (secondary N) is 2. The Bertz CT molecular complexity index is 1210. The number of hydrogen-bond donors (Lipinski definition) is 4. The van der Waals surface area contributed by atoms with E-state index in [-0.39, 0.29) is 29.5 Å². The fourth-order valence-electron chi connectivity index (χ4n) is 4.34. The van der Waals surface area contributed by atoms with E-state index in [1.165, 1.54) is 22.1 Å². The number of anilines is 3. The molecule has 1 aromatic carbocycles. The fraction of sp³-hybridized carbons (Fsp3) is 0.538. The Hall–Kier alpha value is -3.24. The second-order valence-corrected chi connectivity index (χ2v) is 9.25. The van der Waals surface area contributed by atoms with Gasteiger partial charge >= 0.3 is 0 Å². The van der Waals surface area contributed by atoms with Crippen LogP contribution in [-0.4, -0.2) is 64.9 Å². The lowest BCUT2D eigenvalue weighted by Gasteiger charge is -2.29. The van der Waals surface area contributed by atoms with Crippen LogP contribution in [0.3, 0.4) is 0 Å². The summed E-state index contributed by atoms with van der Waals surface area (Å²) < 4.78 is 5.41. The van der Waals surface area contributed by atoms with Crippen LogP contribution in [0.4, 0.5) is 17.5 Å². The molecule has 1 aliphatic heterocycles. The van der Waals surface area contributed by atoms with Crippen molar-refractivity contribution in [2.24, 2.45) is 11.5 Å². The van der Waals surface area contributed by atoms with E-state index in [2.05, 4.69) is 84.5 Å². The number of nitrogens with two attached hydrogens (primary N) is 2. The predicted octanol–water partition coefficient (Wildman–Crippen LogP) is 1.47. The van der Waals surface area contributed by atoms with Gasteiger partial charge in [-0.25, -0.2) is 0 Å². The smallest absolute Gasteiger partial charge is 0.273 e. The summed E-state index contributed by atoms with van der Waals surface area (Å²) in [5.74, 6) is -0.178. The van der Waals surface area contributed by atoms with Gasteiger partial charge in [0.05, 0.1) is 6.61 Å². The Kier molecular flexibility index (Phi) is 9.22. The molecule has 3 rings (SSSR count). The second kappa shape index (κ2) is 12.1. The highest BCUT2D eigenvalue weighted by Crippen LogP contribution is 2.20. The van der Waals surface area contributed by atoms with Crippen molar-refractivity contribution >= 4 is 34.6 Å². The highest BCUT2D eigenvalue weighted by atomic mass is 16.5. The molecule has 1 saturated heterocycles. The van der Waals surface area contributed by atoms with Gasteiger partial charge in [0.25, 0.3) is 5.91 Å². The molecule has 0 spiro atoms. The summed E-state index contributed by atoms with van der Waals surface area (Å²) in [5.41, 5.74) is 16.3. The Labute approximate surface area is 213 Å². The Morgan fingerprint density at radius 2 is 1.97 bits per heavy atom. The summed E-state index contributed by atoms with van der Waals surface area (Å²) in [6.45, 7) is 12.7. The lowest BCUT2D eigenvalue weighted by atomic mass is 9.99. The maximum absolute atomic E-state index is 12.1. The minimum atomic E-state index is -0.706. The molecule has 1 aromatic heterocycles. The van der Waals surface area contributed by atoms with Crippen molar-refractivity contribution in [1.82, 2.24) is 20.1 Å². The highest BCUT2D eigenvalue weighted by molar-refractivity contribution is 5.96. The number of primary amides is 1. The minimum absolute atomic E-state index is 0.0248. The Morgan fingerprint density at radius 1 is 1.22 bits per heavy atom. The quantitative estimate of drug-likeness (QED) is 0.405. The lowest BCUT2D eigenvalue weighted by molar-refractivity contribution is 0.0751. The van der Waals surface area contributed by atoms with Gasteiger partial charge in [-0.15, -0.1) is 10.2 Å².